The number of benzene rings is 3. The summed E-state index contributed by atoms with van der Waals surface area (Å²) in [4.78, 5) is 29.2. The highest BCUT2D eigenvalue weighted by Gasteiger charge is 2.30. The van der Waals surface area contributed by atoms with Crippen LogP contribution in [0.3, 0.4) is 0 Å². The average molecular weight is 620 g/mol. The molecule has 0 unspecified atom stereocenters. The smallest absolute Gasteiger partial charge is 0.225 e. The number of fused-ring (bicyclic) bond motifs is 1. The van der Waals surface area contributed by atoms with Gasteiger partial charge in [-0.05, 0) is 35.7 Å². The molecule has 5 aromatic rings. The lowest BCUT2D eigenvalue weighted by Gasteiger charge is -2.28. The van der Waals surface area contributed by atoms with Crippen molar-refractivity contribution in [3.8, 4) is 22.9 Å². The van der Waals surface area contributed by atoms with E-state index in [1.807, 2.05) is 60.7 Å². The van der Waals surface area contributed by atoms with E-state index in [1.165, 1.54) is 18.5 Å². The van der Waals surface area contributed by atoms with Crippen LogP contribution in [0.5, 0.6) is 11.8 Å². The number of carbonyl (C=O) groups excluding carboxylic acids is 1. The molecule has 7 rings (SSSR count). The first-order valence-corrected chi connectivity index (χ1v) is 15.3. The number of Topliss-reactive ketones (excluding diaryl/α,β-unsaturated/α-hetero) is 1. The Labute approximate surface area is 265 Å². The van der Waals surface area contributed by atoms with Gasteiger partial charge in [0, 0.05) is 49.8 Å². The van der Waals surface area contributed by atoms with Gasteiger partial charge < -0.3 is 19.3 Å². The van der Waals surface area contributed by atoms with Crippen LogP contribution in [0, 0.1) is 11.6 Å². The molecule has 0 aliphatic carbocycles. The molecule has 2 aromatic heterocycles. The topological polar surface area (TPSA) is 80.7 Å². The largest absolute Gasteiger partial charge is 0.473 e. The van der Waals surface area contributed by atoms with Gasteiger partial charge in [0.2, 0.25) is 11.8 Å². The van der Waals surface area contributed by atoms with Crippen molar-refractivity contribution in [3.63, 3.8) is 0 Å². The molecule has 0 saturated carbocycles. The highest BCUT2D eigenvalue weighted by molar-refractivity contribution is 5.82. The Bertz CT molecular complexity index is 1840. The van der Waals surface area contributed by atoms with Gasteiger partial charge in [0.15, 0.2) is 0 Å². The summed E-state index contributed by atoms with van der Waals surface area (Å²) in [5, 5.41) is 0. The van der Waals surface area contributed by atoms with Crippen LogP contribution in [0.4, 0.5) is 26.1 Å². The SMILES string of the molecule is O=C1CCN(c2ncnc3c2CCN3c2cc(F)c(-c3ccc(OCc4ccccc4)nc3OCc3ccccc3)c(F)c2)CC1. The Balaban J connectivity index is 1.19. The number of ketones is 1. The molecule has 0 radical (unpaired) electrons. The number of rotatable bonds is 9. The Morgan fingerprint density at radius 3 is 2.02 bits per heavy atom. The number of anilines is 3. The number of halogens is 2. The minimum atomic E-state index is -0.753. The lowest BCUT2D eigenvalue weighted by Crippen LogP contribution is -2.35. The summed E-state index contributed by atoms with van der Waals surface area (Å²) in [6.45, 7) is 2.12. The van der Waals surface area contributed by atoms with Crippen molar-refractivity contribution in [3.05, 3.63) is 120 Å². The number of nitrogens with zero attached hydrogens (tertiary/aromatic N) is 5. The van der Waals surface area contributed by atoms with Crippen molar-refractivity contribution in [2.24, 2.45) is 0 Å². The predicted molar refractivity (Wildman–Crippen MR) is 170 cm³/mol. The van der Waals surface area contributed by atoms with Crippen molar-refractivity contribution in [1.29, 1.82) is 0 Å². The van der Waals surface area contributed by atoms with Crippen LogP contribution in [0.1, 0.15) is 29.5 Å². The molecule has 10 heteroatoms. The Kier molecular flexibility index (Phi) is 8.24. The molecule has 232 valence electrons. The van der Waals surface area contributed by atoms with Crippen LogP contribution in [-0.4, -0.2) is 40.4 Å². The fourth-order valence-electron chi connectivity index (χ4n) is 5.91. The summed E-state index contributed by atoms with van der Waals surface area (Å²) in [7, 11) is 0. The predicted octanol–water partition coefficient (Wildman–Crippen LogP) is 6.84. The molecule has 8 nitrogen and oxygen atoms in total. The molecule has 0 bridgehead atoms. The standard InChI is InChI=1S/C36H31F2N5O3/c37-30-19-26(43-18-15-29-34(39-23-40-35(29)43)42-16-13-27(44)14-17-42)20-31(38)33(30)28-11-12-32(45-21-24-7-3-1-4-8-24)41-36(28)46-22-25-9-5-2-6-10-25/h1-12,19-20,23H,13-18,21-22H2. The summed E-state index contributed by atoms with van der Waals surface area (Å²) in [6, 6.07) is 24.9. The van der Waals surface area contributed by atoms with Gasteiger partial charge in [-0.3, -0.25) is 4.79 Å². The Morgan fingerprint density at radius 2 is 1.35 bits per heavy atom. The number of ether oxygens (including phenoxy) is 2. The van der Waals surface area contributed by atoms with E-state index in [1.54, 1.807) is 17.0 Å². The van der Waals surface area contributed by atoms with Crippen LogP contribution in [0.2, 0.25) is 0 Å². The number of aromatic nitrogens is 3. The summed E-state index contributed by atoms with van der Waals surface area (Å²) in [5.74, 6) is 0.459. The summed E-state index contributed by atoms with van der Waals surface area (Å²) < 4.78 is 43.9. The number of pyridine rings is 1. The van der Waals surface area contributed by atoms with Gasteiger partial charge in [-0.1, -0.05) is 60.7 Å². The first kappa shape index (κ1) is 29.3. The number of hydrogen-bond acceptors (Lipinski definition) is 8. The molecule has 0 spiro atoms. The normalized spacial score (nSPS) is 14.3. The highest BCUT2D eigenvalue weighted by atomic mass is 19.1. The summed E-state index contributed by atoms with van der Waals surface area (Å²) in [5.41, 5.74) is 3.03. The number of piperidine rings is 1. The van der Waals surface area contributed by atoms with Gasteiger partial charge >= 0.3 is 0 Å². The molecule has 1 saturated heterocycles. The molecule has 1 fully saturated rings. The van der Waals surface area contributed by atoms with E-state index in [0.29, 0.717) is 50.4 Å². The van der Waals surface area contributed by atoms with Crippen LogP contribution in [0.15, 0.2) is 91.3 Å². The van der Waals surface area contributed by atoms with Gasteiger partial charge in [0.05, 0.1) is 11.1 Å². The van der Waals surface area contributed by atoms with Crippen molar-refractivity contribution in [1.82, 2.24) is 15.0 Å². The first-order chi connectivity index (χ1) is 22.5. The molecule has 0 amide bonds. The second-order valence-electron chi connectivity index (χ2n) is 11.3. The van der Waals surface area contributed by atoms with Crippen LogP contribution < -0.4 is 19.3 Å². The fraction of sp³-hybridized carbons (Fsp3) is 0.222. The zero-order valence-electron chi connectivity index (χ0n) is 25.0. The van der Waals surface area contributed by atoms with E-state index in [9.17, 15) is 4.79 Å². The minimum Gasteiger partial charge on any atom is -0.473 e. The average Bonchev–Trinajstić information content (AvgIpc) is 3.53. The van der Waals surface area contributed by atoms with E-state index >= 15 is 8.78 Å². The summed E-state index contributed by atoms with van der Waals surface area (Å²) >= 11 is 0. The molecular formula is C36H31F2N5O3. The van der Waals surface area contributed by atoms with Crippen molar-refractivity contribution >= 4 is 23.1 Å². The molecule has 2 aliphatic rings. The summed E-state index contributed by atoms with van der Waals surface area (Å²) in [6.07, 6.45) is 3.04. The zero-order chi connectivity index (χ0) is 31.5. The monoisotopic (exact) mass is 619 g/mol. The maximum Gasteiger partial charge on any atom is 0.225 e. The Hall–Kier alpha value is -5.38. The van der Waals surface area contributed by atoms with E-state index < -0.39 is 11.6 Å². The fourth-order valence-corrected chi connectivity index (χ4v) is 5.91. The molecular weight excluding hydrogens is 588 g/mol. The van der Waals surface area contributed by atoms with Crippen LogP contribution in [0.25, 0.3) is 11.1 Å². The van der Waals surface area contributed by atoms with Crippen molar-refractivity contribution in [2.45, 2.75) is 32.5 Å². The van der Waals surface area contributed by atoms with E-state index in [-0.39, 0.29) is 41.9 Å². The van der Waals surface area contributed by atoms with E-state index in [0.717, 1.165) is 22.5 Å². The van der Waals surface area contributed by atoms with Gasteiger partial charge in [0.25, 0.3) is 0 Å². The molecule has 0 N–H and O–H groups in total. The molecule has 2 aliphatic heterocycles. The maximum absolute atomic E-state index is 16.0. The maximum atomic E-state index is 16.0. The second-order valence-corrected chi connectivity index (χ2v) is 11.3. The van der Waals surface area contributed by atoms with E-state index in [4.69, 9.17) is 9.47 Å². The first-order valence-electron chi connectivity index (χ1n) is 15.3. The van der Waals surface area contributed by atoms with Gasteiger partial charge in [-0.2, -0.15) is 4.98 Å². The lowest BCUT2D eigenvalue weighted by atomic mass is 10.0. The van der Waals surface area contributed by atoms with Gasteiger partial charge in [-0.15, -0.1) is 0 Å². The molecule has 0 atom stereocenters. The molecule has 46 heavy (non-hydrogen) atoms. The zero-order valence-corrected chi connectivity index (χ0v) is 25.0. The van der Waals surface area contributed by atoms with Crippen LogP contribution >= 0.6 is 0 Å². The lowest BCUT2D eigenvalue weighted by molar-refractivity contribution is -0.119. The third-order valence-corrected chi connectivity index (χ3v) is 8.25. The molecule has 4 heterocycles. The minimum absolute atomic E-state index is 0.0591. The quantitative estimate of drug-likeness (QED) is 0.178. The van der Waals surface area contributed by atoms with Crippen molar-refractivity contribution in [2.75, 3.05) is 29.4 Å². The molecule has 3 aromatic carbocycles. The van der Waals surface area contributed by atoms with Gasteiger partial charge in [-0.25, -0.2) is 18.7 Å². The van der Waals surface area contributed by atoms with E-state index in [2.05, 4.69) is 19.9 Å². The Morgan fingerprint density at radius 1 is 0.717 bits per heavy atom. The third kappa shape index (κ3) is 6.10. The van der Waals surface area contributed by atoms with Crippen LogP contribution in [-0.2, 0) is 24.4 Å². The van der Waals surface area contributed by atoms with Gasteiger partial charge in [0.1, 0.15) is 48.6 Å². The number of carbonyl (C=O) groups is 1. The highest BCUT2D eigenvalue weighted by Crippen LogP contribution is 2.41. The number of hydrogen-bond donors (Lipinski definition) is 0. The second kappa shape index (κ2) is 12.9. The third-order valence-electron chi connectivity index (χ3n) is 8.25. The van der Waals surface area contributed by atoms with Crippen molar-refractivity contribution < 1.29 is 23.0 Å².